The van der Waals surface area contributed by atoms with Crippen LogP contribution in [0.3, 0.4) is 0 Å². The zero-order chi connectivity index (χ0) is 22.3. The van der Waals surface area contributed by atoms with E-state index in [1.165, 1.54) is 16.2 Å². The lowest BCUT2D eigenvalue weighted by Crippen LogP contribution is -2.31. The molecule has 2 N–H and O–H groups in total. The molecule has 32 heavy (non-hydrogen) atoms. The topological polar surface area (TPSA) is 112 Å². The lowest BCUT2D eigenvalue weighted by molar-refractivity contribution is -0.138. The molecule has 0 bridgehead atoms. The van der Waals surface area contributed by atoms with Crippen molar-refractivity contribution in [3.8, 4) is 0 Å². The summed E-state index contributed by atoms with van der Waals surface area (Å²) >= 11 is 2.78. The third-order valence-corrected chi connectivity index (χ3v) is 9.49. The van der Waals surface area contributed by atoms with Gasteiger partial charge in [-0.2, -0.15) is 0 Å². The highest BCUT2D eigenvalue weighted by Gasteiger charge is 2.30. The number of hydrogen-bond donors (Lipinski definition) is 2. The van der Waals surface area contributed by atoms with Crippen LogP contribution >= 0.6 is 23.1 Å². The van der Waals surface area contributed by atoms with Crippen molar-refractivity contribution in [3.63, 3.8) is 0 Å². The molecule has 8 nitrogen and oxygen atoms in total. The molecule has 11 heteroatoms. The lowest BCUT2D eigenvalue weighted by Gasteiger charge is -2.15. The molecule has 2 aromatic heterocycles. The lowest BCUT2D eigenvalue weighted by atomic mass is 10.2. The number of thioether (sulfide) groups is 1. The smallest absolute Gasteiger partial charge is 0.271 e. The number of amides is 2. The van der Waals surface area contributed by atoms with Crippen LogP contribution < -0.4 is 4.72 Å². The summed E-state index contributed by atoms with van der Waals surface area (Å²) in [7, 11) is -3.65. The monoisotopic (exact) mass is 488 g/mol. The predicted octanol–water partition coefficient (Wildman–Crippen LogP) is 3.43. The van der Waals surface area contributed by atoms with E-state index in [9.17, 15) is 18.0 Å². The molecule has 1 unspecified atom stereocenters. The number of rotatable bonds is 7. The van der Waals surface area contributed by atoms with Gasteiger partial charge in [0.2, 0.25) is 11.8 Å². The van der Waals surface area contributed by atoms with Gasteiger partial charge in [0.25, 0.3) is 10.0 Å². The molecule has 2 aliphatic heterocycles. The third-order valence-electron chi connectivity index (χ3n) is 5.44. The van der Waals surface area contributed by atoms with Crippen LogP contribution in [-0.4, -0.2) is 53.5 Å². The molecule has 4 heterocycles. The average Bonchev–Trinajstić information content (AvgIpc) is 3.55. The quantitative estimate of drug-likeness (QED) is 0.495. The van der Waals surface area contributed by atoms with Crippen molar-refractivity contribution < 1.29 is 18.0 Å². The van der Waals surface area contributed by atoms with Gasteiger partial charge in [-0.3, -0.25) is 24.2 Å². The largest absolute Gasteiger partial charge is 0.351 e. The number of H-pyrrole nitrogens is 1. The Morgan fingerprint density at radius 1 is 1.16 bits per heavy atom. The number of sulfonamides is 1. The third kappa shape index (κ3) is 4.07. The van der Waals surface area contributed by atoms with E-state index >= 15 is 0 Å². The van der Waals surface area contributed by atoms with Gasteiger partial charge >= 0.3 is 0 Å². The molecule has 0 radical (unpaired) electrons. The number of imide groups is 1. The van der Waals surface area contributed by atoms with Crippen molar-refractivity contribution in [2.75, 3.05) is 17.8 Å². The molecule has 1 fully saturated rings. The van der Waals surface area contributed by atoms with Gasteiger partial charge in [0.05, 0.1) is 23.4 Å². The van der Waals surface area contributed by atoms with Gasteiger partial charge in [-0.05, 0) is 30.0 Å². The summed E-state index contributed by atoms with van der Waals surface area (Å²) in [5, 5.41) is 3.64. The maximum absolute atomic E-state index is 12.6. The van der Waals surface area contributed by atoms with Gasteiger partial charge in [-0.1, -0.05) is 30.0 Å². The number of aliphatic imine (C=N–C) groups is 1. The number of nitrogens with zero attached hydrogens (tertiary/aromatic N) is 2. The van der Waals surface area contributed by atoms with Gasteiger partial charge in [-0.15, -0.1) is 11.3 Å². The standard InChI is InChI=1S/C21H20N4O4S3/c26-17-6-7-18(27)25(17)9-8-14-12-22-21(31-14)16-11-13-3-1-4-15(20(13)23-16)24-32(28,29)19-5-2-10-30-19/h1-5,10-11,14,23-24H,6-9,12H2. The van der Waals surface area contributed by atoms with Crippen LogP contribution in [0.4, 0.5) is 5.69 Å². The summed E-state index contributed by atoms with van der Waals surface area (Å²) < 4.78 is 28.2. The average molecular weight is 489 g/mol. The molecule has 5 rings (SSSR count). The van der Waals surface area contributed by atoms with Gasteiger partial charge in [0.1, 0.15) is 9.25 Å². The van der Waals surface area contributed by atoms with Crippen LogP contribution in [0.1, 0.15) is 25.0 Å². The number of anilines is 1. The summed E-state index contributed by atoms with van der Waals surface area (Å²) in [6, 6.07) is 10.7. The van der Waals surface area contributed by atoms with Gasteiger partial charge in [0, 0.05) is 30.0 Å². The molecular weight excluding hydrogens is 468 g/mol. The van der Waals surface area contributed by atoms with Gasteiger partial charge < -0.3 is 4.98 Å². The van der Waals surface area contributed by atoms with Crippen molar-refractivity contribution in [3.05, 3.63) is 47.5 Å². The summed E-state index contributed by atoms with van der Waals surface area (Å²) in [6.45, 7) is 1.04. The van der Waals surface area contributed by atoms with E-state index in [-0.39, 0.29) is 21.3 Å². The molecule has 1 atom stereocenters. The molecule has 166 valence electrons. The minimum atomic E-state index is -3.65. The first kappa shape index (κ1) is 21.2. The maximum atomic E-state index is 12.6. The Kier molecular flexibility index (Phi) is 5.56. The highest BCUT2D eigenvalue weighted by Crippen LogP contribution is 2.32. The van der Waals surface area contributed by atoms with Gasteiger partial charge in [-0.25, -0.2) is 8.42 Å². The van der Waals surface area contributed by atoms with Crippen molar-refractivity contribution >= 4 is 66.6 Å². The van der Waals surface area contributed by atoms with E-state index in [0.717, 1.165) is 16.1 Å². The fourth-order valence-electron chi connectivity index (χ4n) is 3.83. The molecular formula is C21H20N4O4S3. The number of carbonyl (C=O) groups excluding carboxylic acids is 2. The molecule has 0 aliphatic carbocycles. The second-order valence-corrected chi connectivity index (χ2v) is 11.7. The second kappa shape index (κ2) is 8.38. The Balaban J connectivity index is 1.30. The highest BCUT2D eigenvalue weighted by molar-refractivity contribution is 8.15. The first-order valence-corrected chi connectivity index (χ1v) is 13.4. The van der Waals surface area contributed by atoms with E-state index in [2.05, 4.69) is 14.7 Å². The highest BCUT2D eigenvalue weighted by atomic mass is 32.2. The number of fused-ring (bicyclic) bond motifs is 1. The Bertz CT molecular complexity index is 1310. The van der Waals surface area contributed by atoms with Crippen LogP contribution in [0.15, 0.2) is 51.0 Å². The number of hydrogen-bond acceptors (Lipinski definition) is 7. The van der Waals surface area contributed by atoms with Crippen LogP contribution in [0, 0.1) is 0 Å². The first-order chi connectivity index (χ1) is 15.4. The maximum Gasteiger partial charge on any atom is 0.271 e. The number of para-hydroxylation sites is 1. The summed E-state index contributed by atoms with van der Waals surface area (Å²) in [4.78, 5) is 32.9. The SMILES string of the molecule is O=C1CCC(=O)N1CCC1CN=C(c2cc3cccc(NS(=O)(=O)c4cccs4)c3[nH]2)S1. The number of benzene rings is 1. The normalized spacial score (nSPS) is 19.2. The van der Waals surface area contributed by atoms with E-state index in [1.54, 1.807) is 35.3 Å². The molecule has 3 aromatic rings. The minimum absolute atomic E-state index is 0.0905. The van der Waals surface area contributed by atoms with Gasteiger partial charge in [0.15, 0.2) is 0 Å². The van der Waals surface area contributed by atoms with E-state index < -0.39 is 10.0 Å². The summed E-state index contributed by atoms with van der Waals surface area (Å²) in [5.41, 5.74) is 2.00. The Morgan fingerprint density at radius 3 is 2.72 bits per heavy atom. The van der Waals surface area contributed by atoms with Crippen molar-refractivity contribution in [1.29, 1.82) is 0 Å². The van der Waals surface area contributed by atoms with Crippen LogP contribution in [-0.2, 0) is 19.6 Å². The Labute approximate surface area is 193 Å². The van der Waals surface area contributed by atoms with Crippen molar-refractivity contribution in [1.82, 2.24) is 9.88 Å². The zero-order valence-corrected chi connectivity index (χ0v) is 19.4. The number of nitrogens with one attached hydrogen (secondary N) is 2. The molecule has 2 amide bonds. The number of thiophene rings is 1. The summed E-state index contributed by atoms with van der Waals surface area (Å²) in [5.74, 6) is -0.181. The zero-order valence-electron chi connectivity index (χ0n) is 16.9. The minimum Gasteiger partial charge on any atom is -0.351 e. The molecule has 2 aliphatic rings. The second-order valence-electron chi connectivity index (χ2n) is 7.60. The molecule has 1 aromatic carbocycles. The number of carbonyl (C=O) groups is 2. The number of likely N-dealkylation sites (tertiary alicyclic amines) is 1. The molecule has 0 saturated carbocycles. The Hall–Kier alpha value is -2.63. The number of aromatic amines is 1. The van der Waals surface area contributed by atoms with Crippen molar-refractivity contribution in [2.24, 2.45) is 4.99 Å². The van der Waals surface area contributed by atoms with Crippen LogP contribution in [0.5, 0.6) is 0 Å². The van der Waals surface area contributed by atoms with Crippen molar-refractivity contribution in [2.45, 2.75) is 28.7 Å². The molecule has 1 saturated heterocycles. The fraction of sp³-hybridized carbons (Fsp3) is 0.286. The fourth-order valence-corrected chi connectivity index (χ4v) is 6.97. The van der Waals surface area contributed by atoms with E-state index in [0.29, 0.717) is 43.6 Å². The molecule has 0 spiro atoms. The Morgan fingerprint density at radius 2 is 1.97 bits per heavy atom. The first-order valence-electron chi connectivity index (χ1n) is 10.1. The predicted molar refractivity (Wildman–Crippen MR) is 127 cm³/mol. The number of aromatic nitrogens is 1. The van der Waals surface area contributed by atoms with E-state index in [4.69, 9.17) is 0 Å². The van der Waals surface area contributed by atoms with Crippen LogP contribution in [0.2, 0.25) is 0 Å². The summed E-state index contributed by atoms with van der Waals surface area (Å²) in [6.07, 6.45) is 1.32. The van der Waals surface area contributed by atoms with E-state index in [1.807, 2.05) is 18.2 Å². The van der Waals surface area contributed by atoms with Crippen LogP contribution in [0.25, 0.3) is 10.9 Å².